The van der Waals surface area contributed by atoms with Crippen molar-refractivity contribution in [1.82, 2.24) is 0 Å². The highest BCUT2D eigenvalue weighted by molar-refractivity contribution is 9.10. The highest BCUT2D eigenvalue weighted by Crippen LogP contribution is 2.23. The first kappa shape index (κ1) is 16.4. The summed E-state index contributed by atoms with van der Waals surface area (Å²) in [6.45, 7) is 2.60. The molecule has 2 aromatic rings. The summed E-state index contributed by atoms with van der Waals surface area (Å²) in [5.74, 6) is 0.609. The largest absolute Gasteiger partial charge is 0.495 e. The van der Waals surface area contributed by atoms with Crippen LogP contribution >= 0.6 is 15.9 Å². The third kappa shape index (κ3) is 4.49. The number of anilines is 2. The van der Waals surface area contributed by atoms with Crippen molar-refractivity contribution in [2.45, 2.75) is 13.3 Å². The van der Waals surface area contributed by atoms with Crippen molar-refractivity contribution in [3.05, 3.63) is 52.5 Å². The Morgan fingerprint density at radius 1 is 1.23 bits per heavy atom. The van der Waals surface area contributed by atoms with E-state index >= 15 is 0 Å². The maximum atomic E-state index is 12.0. The van der Waals surface area contributed by atoms with E-state index in [-0.39, 0.29) is 5.91 Å². The van der Waals surface area contributed by atoms with Crippen molar-refractivity contribution >= 4 is 33.2 Å². The fraction of sp³-hybridized carbons (Fsp3) is 0.235. The number of rotatable bonds is 6. The van der Waals surface area contributed by atoms with Crippen molar-refractivity contribution in [2.24, 2.45) is 0 Å². The second-order valence-corrected chi connectivity index (χ2v) is 5.74. The monoisotopic (exact) mass is 362 g/mol. The molecule has 0 saturated carbocycles. The Hall–Kier alpha value is -2.01. The van der Waals surface area contributed by atoms with Gasteiger partial charge in [-0.3, -0.25) is 4.79 Å². The molecule has 0 atom stereocenters. The molecular formula is C17H19BrN2O2. The molecule has 22 heavy (non-hydrogen) atoms. The molecule has 0 heterocycles. The number of halogens is 1. The minimum atomic E-state index is -0.0502. The number of para-hydroxylation sites is 2. The average molecular weight is 363 g/mol. The summed E-state index contributed by atoms with van der Waals surface area (Å²) >= 11 is 3.47. The third-order valence-corrected chi connectivity index (χ3v) is 4.11. The molecule has 4 nitrogen and oxygen atoms in total. The number of carbonyl (C=O) groups excluding carboxylic acids is 1. The smallest absolute Gasteiger partial charge is 0.226 e. The van der Waals surface area contributed by atoms with Gasteiger partial charge >= 0.3 is 0 Å². The van der Waals surface area contributed by atoms with Gasteiger partial charge in [-0.15, -0.1) is 0 Å². The van der Waals surface area contributed by atoms with Crippen molar-refractivity contribution in [3.8, 4) is 5.75 Å². The van der Waals surface area contributed by atoms with Crippen LogP contribution in [0, 0.1) is 6.92 Å². The molecule has 0 aliphatic heterocycles. The lowest BCUT2D eigenvalue weighted by atomic mass is 10.2. The molecular weight excluding hydrogens is 344 g/mol. The molecule has 1 amide bonds. The maximum absolute atomic E-state index is 12.0. The molecule has 0 spiro atoms. The van der Waals surface area contributed by atoms with Gasteiger partial charge in [0.15, 0.2) is 0 Å². The minimum absolute atomic E-state index is 0.0502. The fourth-order valence-electron chi connectivity index (χ4n) is 2.04. The van der Waals surface area contributed by atoms with Crippen molar-refractivity contribution in [1.29, 1.82) is 0 Å². The van der Waals surface area contributed by atoms with E-state index in [1.54, 1.807) is 7.11 Å². The topological polar surface area (TPSA) is 50.4 Å². The van der Waals surface area contributed by atoms with Gasteiger partial charge in [0.25, 0.3) is 0 Å². The summed E-state index contributed by atoms with van der Waals surface area (Å²) in [7, 11) is 1.59. The Kier molecular flexibility index (Phi) is 5.83. The van der Waals surface area contributed by atoms with Crippen molar-refractivity contribution < 1.29 is 9.53 Å². The average Bonchev–Trinajstić information content (AvgIpc) is 2.51. The third-order valence-electron chi connectivity index (χ3n) is 3.22. The van der Waals surface area contributed by atoms with Crippen LogP contribution in [-0.4, -0.2) is 19.6 Å². The van der Waals surface area contributed by atoms with Crippen LogP contribution in [0.25, 0.3) is 0 Å². The molecule has 2 aromatic carbocycles. The lowest BCUT2D eigenvalue weighted by molar-refractivity contribution is -0.115. The summed E-state index contributed by atoms with van der Waals surface area (Å²) < 4.78 is 6.29. The molecule has 0 saturated heterocycles. The van der Waals surface area contributed by atoms with Crippen LogP contribution in [0.3, 0.4) is 0 Å². The predicted molar refractivity (Wildman–Crippen MR) is 93.6 cm³/mol. The SMILES string of the molecule is COc1ccccc1NC(=O)CCNc1ccc(Br)c(C)c1. The Morgan fingerprint density at radius 3 is 2.73 bits per heavy atom. The minimum Gasteiger partial charge on any atom is -0.495 e. The molecule has 0 unspecified atom stereocenters. The number of hydrogen-bond acceptors (Lipinski definition) is 3. The summed E-state index contributed by atoms with van der Waals surface area (Å²) in [5.41, 5.74) is 2.85. The number of amides is 1. The van der Waals surface area contributed by atoms with Crippen LogP contribution in [0.15, 0.2) is 46.9 Å². The number of aryl methyl sites for hydroxylation is 1. The molecule has 2 N–H and O–H groups in total. The zero-order valence-corrected chi connectivity index (χ0v) is 14.2. The highest BCUT2D eigenvalue weighted by atomic mass is 79.9. The van der Waals surface area contributed by atoms with Gasteiger partial charge in [-0.25, -0.2) is 0 Å². The van der Waals surface area contributed by atoms with Crippen LogP contribution in [-0.2, 0) is 4.79 Å². The van der Waals surface area contributed by atoms with E-state index in [0.717, 1.165) is 15.7 Å². The van der Waals surface area contributed by atoms with E-state index in [0.29, 0.717) is 24.4 Å². The van der Waals surface area contributed by atoms with Crippen LogP contribution in [0.5, 0.6) is 5.75 Å². The molecule has 0 fully saturated rings. The molecule has 0 aliphatic rings. The fourth-order valence-corrected chi connectivity index (χ4v) is 2.28. The summed E-state index contributed by atoms with van der Waals surface area (Å²) in [4.78, 5) is 12.0. The van der Waals surface area contributed by atoms with E-state index in [9.17, 15) is 4.79 Å². The predicted octanol–water partition coefficient (Wildman–Crippen LogP) is 4.21. The molecule has 5 heteroatoms. The van der Waals surface area contributed by atoms with Crippen molar-refractivity contribution in [3.63, 3.8) is 0 Å². The van der Waals surface area contributed by atoms with Gasteiger partial charge in [-0.1, -0.05) is 28.1 Å². The van der Waals surface area contributed by atoms with Gasteiger partial charge in [0, 0.05) is 23.1 Å². The van der Waals surface area contributed by atoms with E-state index < -0.39 is 0 Å². The first-order valence-electron chi connectivity index (χ1n) is 7.03. The number of carbonyl (C=O) groups is 1. The van der Waals surface area contributed by atoms with E-state index in [2.05, 4.69) is 26.6 Å². The van der Waals surface area contributed by atoms with Gasteiger partial charge in [-0.05, 0) is 42.8 Å². The van der Waals surface area contributed by atoms with E-state index in [1.807, 2.05) is 49.4 Å². The Bertz CT molecular complexity index is 659. The molecule has 2 rings (SSSR count). The van der Waals surface area contributed by atoms with E-state index in [1.165, 1.54) is 0 Å². The summed E-state index contributed by atoms with van der Waals surface area (Å²) in [6.07, 6.45) is 0.382. The quantitative estimate of drug-likeness (QED) is 0.809. The number of methoxy groups -OCH3 is 1. The molecule has 0 radical (unpaired) electrons. The maximum Gasteiger partial charge on any atom is 0.226 e. The second kappa shape index (κ2) is 7.84. The summed E-state index contributed by atoms with van der Waals surface area (Å²) in [5, 5.41) is 6.10. The van der Waals surface area contributed by atoms with Crippen LogP contribution < -0.4 is 15.4 Å². The zero-order valence-electron chi connectivity index (χ0n) is 12.7. The number of nitrogens with one attached hydrogen (secondary N) is 2. The van der Waals surface area contributed by atoms with E-state index in [4.69, 9.17) is 4.74 Å². The molecule has 116 valence electrons. The van der Waals surface area contributed by atoms with Gasteiger partial charge in [-0.2, -0.15) is 0 Å². The Labute approximate surface area is 139 Å². The Morgan fingerprint density at radius 2 is 2.00 bits per heavy atom. The van der Waals surface area contributed by atoms with Crippen LogP contribution in [0.4, 0.5) is 11.4 Å². The molecule has 0 aliphatic carbocycles. The summed E-state index contributed by atoms with van der Waals surface area (Å²) in [6, 6.07) is 13.4. The highest BCUT2D eigenvalue weighted by Gasteiger charge is 2.06. The lowest BCUT2D eigenvalue weighted by Crippen LogP contribution is -2.16. The lowest BCUT2D eigenvalue weighted by Gasteiger charge is -2.11. The standard InChI is InChI=1S/C17H19BrN2O2/c1-12-11-13(7-8-14(12)18)19-10-9-17(21)20-15-5-3-4-6-16(15)22-2/h3-8,11,19H,9-10H2,1-2H3,(H,20,21). The number of ether oxygens (including phenoxy) is 1. The normalized spacial score (nSPS) is 10.1. The van der Waals surface area contributed by atoms with Gasteiger partial charge in [0.2, 0.25) is 5.91 Å². The molecule has 0 aromatic heterocycles. The first-order chi connectivity index (χ1) is 10.6. The molecule has 0 bridgehead atoms. The van der Waals surface area contributed by atoms with Crippen LogP contribution in [0.1, 0.15) is 12.0 Å². The number of benzene rings is 2. The first-order valence-corrected chi connectivity index (χ1v) is 7.82. The second-order valence-electron chi connectivity index (χ2n) is 4.89. The van der Waals surface area contributed by atoms with Crippen LogP contribution in [0.2, 0.25) is 0 Å². The Balaban J connectivity index is 1.84. The zero-order chi connectivity index (χ0) is 15.9. The number of hydrogen-bond donors (Lipinski definition) is 2. The van der Waals surface area contributed by atoms with Gasteiger partial charge in [0.05, 0.1) is 12.8 Å². The van der Waals surface area contributed by atoms with Gasteiger partial charge in [0.1, 0.15) is 5.75 Å². The van der Waals surface area contributed by atoms with Crippen molar-refractivity contribution in [2.75, 3.05) is 24.3 Å². The van der Waals surface area contributed by atoms with Gasteiger partial charge < -0.3 is 15.4 Å².